The van der Waals surface area contributed by atoms with E-state index in [2.05, 4.69) is 0 Å². The smallest absolute Gasteiger partial charge is 0.261 e. The number of rotatable bonds is 2. The van der Waals surface area contributed by atoms with Gasteiger partial charge in [0.15, 0.2) is 0 Å². The third-order valence-corrected chi connectivity index (χ3v) is 2.80. The van der Waals surface area contributed by atoms with Gasteiger partial charge in [-0.1, -0.05) is 0 Å². The molecule has 0 radical (unpaired) electrons. The molecule has 3 nitrogen and oxygen atoms in total. The van der Waals surface area contributed by atoms with Crippen molar-refractivity contribution in [1.82, 2.24) is 0 Å². The minimum absolute atomic E-state index is 0.154. The molecule has 0 atom stereocenters. The normalized spacial score (nSPS) is 10.4. The van der Waals surface area contributed by atoms with Crippen LogP contribution in [-0.2, 0) is 0 Å². The van der Waals surface area contributed by atoms with Crippen LogP contribution in [0.1, 0.15) is 10.4 Å². The second-order valence-electron chi connectivity index (χ2n) is 4.20. The average molecular weight is 280 g/mol. The highest BCUT2D eigenvalue weighted by Crippen LogP contribution is 2.22. The average Bonchev–Trinajstić information content (AvgIpc) is 2.40. The van der Waals surface area contributed by atoms with Gasteiger partial charge in [0.25, 0.3) is 5.91 Å². The van der Waals surface area contributed by atoms with Gasteiger partial charge in [-0.15, -0.1) is 0 Å². The van der Waals surface area contributed by atoms with Gasteiger partial charge in [0, 0.05) is 18.8 Å². The van der Waals surface area contributed by atoms with E-state index in [1.165, 1.54) is 13.1 Å². The van der Waals surface area contributed by atoms with Crippen LogP contribution >= 0.6 is 0 Å². The molecule has 20 heavy (non-hydrogen) atoms. The maximum Gasteiger partial charge on any atom is 0.261 e. The Labute approximate surface area is 113 Å². The lowest BCUT2D eigenvalue weighted by Crippen LogP contribution is -2.28. The Balaban J connectivity index is 2.40. The molecule has 0 saturated carbocycles. The van der Waals surface area contributed by atoms with E-state index in [4.69, 9.17) is 5.73 Å². The summed E-state index contributed by atoms with van der Waals surface area (Å²) in [5, 5.41) is 0. The Kier molecular flexibility index (Phi) is 3.65. The summed E-state index contributed by atoms with van der Waals surface area (Å²) in [4.78, 5) is 13.0. The van der Waals surface area contributed by atoms with Crippen LogP contribution in [0.2, 0.25) is 0 Å². The highest BCUT2D eigenvalue weighted by Gasteiger charge is 2.20. The molecule has 0 aliphatic rings. The zero-order chi connectivity index (χ0) is 14.9. The Hall–Kier alpha value is -2.50. The number of nitrogens with zero attached hydrogens (tertiary/aromatic N) is 1. The van der Waals surface area contributed by atoms with E-state index in [0.717, 1.165) is 29.2 Å². The van der Waals surface area contributed by atoms with Crippen LogP contribution in [0.5, 0.6) is 0 Å². The summed E-state index contributed by atoms with van der Waals surface area (Å²) in [5.41, 5.74) is 5.27. The van der Waals surface area contributed by atoms with Crippen molar-refractivity contribution >= 4 is 17.3 Å². The number of nitrogen functional groups attached to an aromatic ring is 1. The van der Waals surface area contributed by atoms with Crippen molar-refractivity contribution in [3.8, 4) is 0 Å². The predicted molar refractivity (Wildman–Crippen MR) is 69.9 cm³/mol. The number of halogens is 3. The lowest BCUT2D eigenvalue weighted by molar-refractivity contribution is 0.0988. The van der Waals surface area contributed by atoms with Crippen molar-refractivity contribution in [3.63, 3.8) is 0 Å². The summed E-state index contributed by atoms with van der Waals surface area (Å²) in [6.07, 6.45) is 0. The molecule has 0 aromatic heterocycles. The van der Waals surface area contributed by atoms with Crippen molar-refractivity contribution < 1.29 is 18.0 Å². The van der Waals surface area contributed by atoms with Crippen LogP contribution in [0.4, 0.5) is 24.5 Å². The van der Waals surface area contributed by atoms with Gasteiger partial charge < -0.3 is 10.6 Å². The molecule has 2 rings (SSSR count). The van der Waals surface area contributed by atoms with E-state index in [-0.39, 0.29) is 16.9 Å². The van der Waals surface area contributed by atoms with Gasteiger partial charge in [-0.05, 0) is 30.3 Å². The zero-order valence-electron chi connectivity index (χ0n) is 10.5. The molecule has 0 heterocycles. The fourth-order valence-electron chi connectivity index (χ4n) is 1.75. The van der Waals surface area contributed by atoms with Crippen LogP contribution in [0.25, 0.3) is 0 Å². The van der Waals surface area contributed by atoms with Gasteiger partial charge in [-0.25, -0.2) is 13.2 Å². The Morgan fingerprint density at radius 3 is 2.40 bits per heavy atom. The highest BCUT2D eigenvalue weighted by molar-refractivity contribution is 6.06. The summed E-state index contributed by atoms with van der Waals surface area (Å²) in [6, 6.07) is 6.29. The Morgan fingerprint density at radius 2 is 1.75 bits per heavy atom. The number of nitrogens with two attached hydrogens (primary N) is 1. The minimum atomic E-state index is -0.912. The first-order chi connectivity index (χ1) is 9.40. The van der Waals surface area contributed by atoms with Gasteiger partial charge in [0.05, 0.1) is 11.3 Å². The van der Waals surface area contributed by atoms with E-state index in [1.807, 2.05) is 0 Å². The molecule has 1 amide bonds. The molecule has 0 aliphatic carbocycles. The number of benzene rings is 2. The lowest BCUT2D eigenvalue weighted by Gasteiger charge is -2.18. The van der Waals surface area contributed by atoms with E-state index < -0.39 is 23.4 Å². The molecule has 6 heteroatoms. The third kappa shape index (κ3) is 2.59. The molecule has 104 valence electrons. The SMILES string of the molecule is CN(C(=O)c1cc(N)ccc1F)c1ccc(F)cc1F. The highest BCUT2D eigenvalue weighted by atomic mass is 19.1. The molecule has 2 aromatic carbocycles. The topological polar surface area (TPSA) is 46.3 Å². The van der Waals surface area contributed by atoms with Gasteiger partial charge in [0.2, 0.25) is 0 Å². The zero-order valence-corrected chi connectivity index (χ0v) is 10.5. The fourth-order valence-corrected chi connectivity index (χ4v) is 1.75. The molecule has 2 aromatic rings. The quantitative estimate of drug-likeness (QED) is 0.860. The van der Waals surface area contributed by atoms with Crippen molar-refractivity contribution in [1.29, 1.82) is 0 Å². The Morgan fingerprint density at radius 1 is 1.05 bits per heavy atom. The number of anilines is 2. The summed E-state index contributed by atoms with van der Waals surface area (Å²) < 4.78 is 40.0. The van der Waals surface area contributed by atoms with Crippen LogP contribution in [0.3, 0.4) is 0 Å². The summed E-state index contributed by atoms with van der Waals surface area (Å²) in [6.45, 7) is 0. The van der Waals surface area contributed by atoms with Crippen molar-refractivity contribution in [3.05, 3.63) is 59.4 Å². The number of amides is 1. The van der Waals surface area contributed by atoms with Gasteiger partial charge in [-0.2, -0.15) is 0 Å². The molecule has 0 bridgehead atoms. The first-order valence-corrected chi connectivity index (χ1v) is 5.68. The molecule has 0 aliphatic heterocycles. The lowest BCUT2D eigenvalue weighted by atomic mass is 10.1. The fraction of sp³-hybridized carbons (Fsp3) is 0.0714. The van der Waals surface area contributed by atoms with Crippen LogP contribution < -0.4 is 10.6 Å². The van der Waals surface area contributed by atoms with Crippen molar-refractivity contribution in [2.75, 3.05) is 17.7 Å². The second kappa shape index (κ2) is 5.24. The summed E-state index contributed by atoms with van der Waals surface area (Å²) in [5.74, 6) is -3.22. The van der Waals surface area contributed by atoms with Crippen LogP contribution in [0, 0.1) is 17.5 Å². The maximum absolute atomic E-state index is 13.6. The third-order valence-electron chi connectivity index (χ3n) is 2.80. The number of hydrogen-bond donors (Lipinski definition) is 1. The van der Waals surface area contributed by atoms with E-state index in [1.54, 1.807) is 0 Å². The first kappa shape index (κ1) is 13.9. The molecule has 0 spiro atoms. The Bertz CT molecular complexity index is 673. The van der Waals surface area contributed by atoms with Gasteiger partial charge >= 0.3 is 0 Å². The van der Waals surface area contributed by atoms with E-state index in [0.29, 0.717) is 6.07 Å². The molecular weight excluding hydrogens is 269 g/mol. The maximum atomic E-state index is 13.6. The van der Waals surface area contributed by atoms with E-state index in [9.17, 15) is 18.0 Å². The largest absolute Gasteiger partial charge is 0.399 e. The molecule has 0 unspecified atom stereocenters. The molecule has 0 saturated heterocycles. The molecule has 2 N–H and O–H groups in total. The standard InChI is InChI=1S/C14H11F3N2O/c1-19(13-5-2-8(15)6-12(13)17)14(20)10-7-9(18)3-4-11(10)16/h2-7H,18H2,1H3. The minimum Gasteiger partial charge on any atom is -0.399 e. The molecule has 0 fully saturated rings. The van der Waals surface area contributed by atoms with Crippen LogP contribution in [0.15, 0.2) is 36.4 Å². The van der Waals surface area contributed by atoms with Crippen molar-refractivity contribution in [2.24, 2.45) is 0 Å². The van der Waals surface area contributed by atoms with Crippen LogP contribution in [-0.4, -0.2) is 13.0 Å². The molecular formula is C14H11F3N2O. The monoisotopic (exact) mass is 280 g/mol. The predicted octanol–water partition coefficient (Wildman–Crippen LogP) is 2.96. The number of hydrogen-bond acceptors (Lipinski definition) is 2. The van der Waals surface area contributed by atoms with E-state index >= 15 is 0 Å². The van der Waals surface area contributed by atoms with Gasteiger partial charge in [0.1, 0.15) is 17.5 Å². The number of carbonyl (C=O) groups is 1. The summed E-state index contributed by atoms with van der Waals surface area (Å²) >= 11 is 0. The first-order valence-electron chi connectivity index (χ1n) is 5.68. The second-order valence-corrected chi connectivity index (χ2v) is 4.20. The summed E-state index contributed by atoms with van der Waals surface area (Å²) in [7, 11) is 1.27. The number of carbonyl (C=O) groups excluding carboxylic acids is 1. The van der Waals surface area contributed by atoms with Crippen molar-refractivity contribution in [2.45, 2.75) is 0 Å². The van der Waals surface area contributed by atoms with Gasteiger partial charge in [-0.3, -0.25) is 4.79 Å².